The fourth-order valence-electron chi connectivity index (χ4n) is 3.79. The Kier molecular flexibility index (Phi) is 4.26. The van der Waals surface area contributed by atoms with Gasteiger partial charge in [-0.3, -0.25) is 9.59 Å². The van der Waals surface area contributed by atoms with Crippen LogP contribution in [0.4, 0.5) is 0 Å². The van der Waals surface area contributed by atoms with E-state index >= 15 is 0 Å². The average molecular weight is 308 g/mol. The Hall–Kier alpha value is -1.40. The van der Waals surface area contributed by atoms with E-state index in [0.717, 1.165) is 19.3 Å². The highest BCUT2D eigenvalue weighted by atomic mass is 32.1. The molecule has 0 spiro atoms. The third-order valence-electron chi connectivity index (χ3n) is 4.82. The van der Waals surface area contributed by atoms with Crippen molar-refractivity contribution in [2.75, 3.05) is 13.2 Å². The molecule has 2 aliphatic rings. The first-order valence-electron chi connectivity index (χ1n) is 7.39. The van der Waals surface area contributed by atoms with Crippen LogP contribution >= 0.6 is 11.3 Å². The van der Waals surface area contributed by atoms with Gasteiger partial charge in [-0.25, -0.2) is 0 Å². The molecule has 21 heavy (non-hydrogen) atoms. The smallest absolute Gasteiger partial charge is 0.252 e. The number of amides is 2. The number of fused-ring (bicyclic) bond motifs is 2. The molecule has 5 nitrogen and oxygen atoms in total. The molecule has 3 N–H and O–H groups in total. The molecule has 0 saturated heterocycles. The van der Waals surface area contributed by atoms with Gasteiger partial charge in [0.05, 0.1) is 6.54 Å². The van der Waals surface area contributed by atoms with Crippen molar-refractivity contribution in [2.45, 2.75) is 25.3 Å². The van der Waals surface area contributed by atoms with Crippen LogP contribution in [0, 0.1) is 17.8 Å². The van der Waals surface area contributed by atoms with Crippen LogP contribution in [-0.2, 0) is 4.79 Å². The molecular weight excluding hydrogens is 288 g/mol. The van der Waals surface area contributed by atoms with Crippen LogP contribution in [0.25, 0.3) is 0 Å². The number of rotatable bonds is 5. The van der Waals surface area contributed by atoms with Crippen molar-refractivity contribution in [3.8, 4) is 0 Å². The van der Waals surface area contributed by atoms with Crippen molar-refractivity contribution in [3.63, 3.8) is 0 Å². The highest BCUT2D eigenvalue weighted by Gasteiger charge is 2.47. The number of hydrogen-bond acceptors (Lipinski definition) is 4. The molecule has 1 heterocycles. The lowest BCUT2D eigenvalue weighted by molar-refractivity contribution is -0.121. The van der Waals surface area contributed by atoms with E-state index in [4.69, 9.17) is 0 Å². The molecule has 2 fully saturated rings. The maximum atomic E-state index is 12.0. The van der Waals surface area contributed by atoms with Gasteiger partial charge >= 0.3 is 0 Å². The zero-order valence-electron chi connectivity index (χ0n) is 11.7. The normalized spacial score (nSPS) is 30.3. The lowest BCUT2D eigenvalue weighted by Crippen LogP contribution is -2.48. The number of hydrogen-bond donors (Lipinski definition) is 3. The molecule has 6 heteroatoms. The molecule has 1 aromatic rings. The molecule has 1 aromatic heterocycles. The number of nitrogens with one attached hydrogen (secondary N) is 2. The summed E-state index contributed by atoms with van der Waals surface area (Å²) in [6.07, 6.45) is 3.40. The van der Waals surface area contributed by atoms with Crippen molar-refractivity contribution in [3.05, 3.63) is 22.4 Å². The second-order valence-electron chi connectivity index (χ2n) is 5.97. The molecule has 114 valence electrons. The summed E-state index contributed by atoms with van der Waals surface area (Å²) in [7, 11) is 0. The van der Waals surface area contributed by atoms with Gasteiger partial charge in [-0.05, 0) is 42.5 Å². The van der Waals surface area contributed by atoms with Crippen LogP contribution in [0.15, 0.2) is 16.8 Å². The van der Waals surface area contributed by atoms with E-state index in [1.54, 1.807) is 11.4 Å². The molecule has 2 amide bonds. The fourth-order valence-corrected chi connectivity index (χ4v) is 4.43. The second kappa shape index (κ2) is 6.15. The van der Waals surface area contributed by atoms with Gasteiger partial charge < -0.3 is 15.7 Å². The Bertz CT molecular complexity index is 517. The predicted octanol–water partition coefficient (Wildman–Crippen LogP) is 1.00. The van der Waals surface area contributed by atoms with Crippen molar-refractivity contribution in [1.29, 1.82) is 0 Å². The Morgan fingerprint density at radius 1 is 1.33 bits per heavy atom. The number of aliphatic hydroxyl groups excluding tert-OH is 1. The Balaban J connectivity index is 1.49. The monoisotopic (exact) mass is 308 g/mol. The molecule has 4 atom stereocenters. The molecule has 0 aromatic carbocycles. The average Bonchev–Trinajstić information content (AvgIpc) is 3.20. The summed E-state index contributed by atoms with van der Waals surface area (Å²) >= 11 is 1.45. The summed E-state index contributed by atoms with van der Waals surface area (Å²) < 4.78 is 0. The van der Waals surface area contributed by atoms with Gasteiger partial charge in [-0.1, -0.05) is 0 Å². The van der Waals surface area contributed by atoms with Gasteiger partial charge in [0.15, 0.2) is 0 Å². The van der Waals surface area contributed by atoms with Crippen LogP contribution in [0.5, 0.6) is 0 Å². The summed E-state index contributed by atoms with van der Waals surface area (Å²) in [5.74, 6) is 0.822. The van der Waals surface area contributed by atoms with Gasteiger partial charge in [0, 0.05) is 29.5 Å². The fraction of sp³-hybridized carbons (Fsp3) is 0.600. The van der Waals surface area contributed by atoms with Crippen molar-refractivity contribution in [2.24, 2.45) is 17.8 Å². The highest BCUT2D eigenvalue weighted by Crippen LogP contribution is 2.48. The van der Waals surface area contributed by atoms with E-state index in [9.17, 15) is 14.7 Å². The number of carbonyl (C=O) groups excluding carboxylic acids is 2. The minimum absolute atomic E-state index is 0.0132. The van der Waals surface area contributed by atoms with Crippen molar-refractivity contribution in [1.82, 2.24) is 10.6 Å². The van der Waals surface area contributed by atoms with Crippen molar-refractivity contribution < 1.29 is 14.7 Å². The summed E-state index contributed by atoms with van der Waals surface area (Å²) in [6, 6.07) is 1.80. The van der Waals surface area contributed by atoms with E-state index in [-0.39, 0.29) is 36.9 Å². The largest absolute Gasteiger partial charge is 0.396 e. The minimum atomic E-state index is -0.224. The van der Waals surface area contributed by atoms with E-state index in [1.165, 1.54) is 11.3 Å². The van der Waals surface area contributed by atoms with Crippen LogP contribution in [0.1, 0.15) is 29.6 Å². The SMILES string of the molecule is O=C(CNC(=O)c1ccsc1)NC1C2CCC(C2)C1CO. The maximum Gasteiger partial charge on any atom is 0.252 e. The third-order valence-corrected chi connectivity index (χ3v) is 5.50. The standard InChI is InChI=1S/C15H20N2O3S/c18-7-12-9-1-2-10(5-9)14(12)17-13(19)6-16-15(20)11-3-4-21-8-11/h3-4,8-10,12,14,18H,1-2,5-7H2,(H,16,20)(H,17,19). The number of aliphatic hydroxyl groups is 1. The minimum Gasteiger partial charge on any atom is -0.396 e. The van der Waals surface area contributed by atoms with E-state index < -0.39 is 0 Å². The van der Waals surface area contributed by atoms with Gasteiger partial charge in [-0.2, -0.15) is 11.3 Å². The molecule has 0 aliphatic heterocycles. The van der Waals surface area contributed by atoms with E-state index in [0.29, 0.717) is 17.4 Å². The lowest BCUT2D eigenvalue weighted by Gasteiger charge is -2.30. The van der Waals surface area contributed by atoms with Crippen LogP contribution in [0.2, 0.25) is 0 Å². The van der Waals surface area contributed by atoms with Gasteiger partial charge in [-0.15, -0.1) is 0 Å². The first kappa shape index (κ1) is 14.5. The molecule has 0 radical (unpaired) electrons. The Labute approximate surface area is 127 Å². The topological polar surface area (TPSA) is 78.4 Å². The van der Waals surface area contributed by atoms with Gasteiger partial charge in [0.2, 0.25) is 5.91 Å². The quantitative estimate of drug-likeness (QED) is 0.759. The molecule has 2 bridgehead atoms. The number of carbonyl (C=O) groups is 2. The lowest BCUT2D eigenvalue weighted by atomic mass is 9.85. The summed E-state index contributed by atoms with van der Waals surface area (Å²) in [5.41, 5.74) is 0.584. The van der Waals surface area contributed by atoms with E-state index in [2.05, 4.69) is 10.6 Å². The number of thiophene rings is 1. The van der Waals surface area contributed by atoms with Gasteiger partial charge in [0.1, 0.15) is 0 Å². The van der Waals surface area contributed by atoms with Gasteiger partial charge in [0.25, 0.3) is 5.91 Å². The first-order valence-corrected chi connectivity index (χ1v) is 8.34. The zero-order chi connectivity index (χ0) is 14.8. The van der Waals surface area contributed by atoms with Crippen molar-refractivity contribution >= 4 is 23.2 Å². The second-order valence-corrected chi connectivity index (χ2v) is 6.75. The molecular formula is C15H20N2O3S. The predicted molar refractivity (Wildman–Crippen MR) is 80.0 cm³/mol. The summed E-state index contributed by atoms with van der Waals surface area (Å²) in [5, 5.41) is 18.7. The zero-order valence-corrected chi connectivity index (χ0v) is 12.6. The highest BCUT2D eigenvalue weighted by molar-refractivity contribution is 7.08. The maximum absolute atomic E-state index is 12.0. The first-order chi connectivity index (χ1) is 10.2. The Morgan fingerprint density at radius 2 is 2.14 bits per heavy atom. The van der Waals surface area contributed by atoms with Crippen LogP contribution in [0.3, 0.4) is 0 Å². The Morgan fingerprint density at radius 3 is 2.86 bits per heavy atom. The molecule has 2 saturated carbocycles. The van der Waals surface area contributed by atoms with E-state index in [1.807, 2.05) is 5.38 Å². The molecule has 2 aliphatic carbocycles. The summed E-state index contributed by atoms with van der Waals surface area (Å²) in [4.78, 5) is 23.8. The molecule has 3 rings (SSSR count). The van der Waals surface area contributed by atoms with Crippen LogP contribution < -0.4 is 10.6 Å². The van der Waals surface area contributed by atoms with Crippen LogP contribution in [-0.4, -0.2) is 36.1 Å². The third kappa shape index (κ3) is 2.96. The molecule has 4 unspecified atom stereocenters. The summed E-state index contributed by atoms with van der Waals surface area (Å²) in [6.45, 7) is 0.119.